The molecule has 0 bridgehead atoms. The maximum Gasteiger partial charge on any atom is 0.329 e. The van der Waals surface area contributed by atoms with Crippen LogP contribution in [-0.2, 0) is 9.53 Å². The summed E-state index contributed by atoms with van der Waals surface area (Å²) < 4.78 is 12.8. The van der Waals surface area contributed by atoms with E-state index in [1.807, 2.05) is 43.5 Å². The second kappa shape index (κ2) is 9.22. The van der Waals surface area contributed by atoms with Gasteiger partial charge < -0.3 is 9.47 Å². The van der Waals surface area contributed by atoms with E-state index in [1.54, 1.807) is 6.92 Å². The van der Waals surface area contributed by atoms with E-state index in [4.69, 9.17) is 9.47 Å². The van der Waals surface area contributed by atoms with E-state index in [0.717, 1.165) is 42.6 Å². The van der Waals surface area contributed by atoms with Gasteiger partial charge in [-0.3, -0.25) is 9.36 Å². The number of carbonyl (C=O) groups is 1. The molecule has 0 spiro atoms. The normalized spacial score (nSPS) is 15.9. The third-order valence-corrected chi connectivity index (χ3v) is 6.54. The molecule has 0 amide bonds. The molecule has 0 radical (unpaired) electrons. The van der Waals surface area contributed by atoms with Crippen molar-refractivity contribution in [3.8, 4) is 16.9 Å². The number of benzene rings is 1. The van der Waals surface area contributed by atoms with Gasteiger partial charge in [-0.1, -0.05) is 18.6 Å². The molecule has 2 aromatic heterocycles. The van der Waals surface area contributed by atoms with Gasteiger partial charge in [-0.15, -0.1) is 11.3 Å². The minimum absolute atomic E-state index is 0.0422. The van der Waals surface area contributed by atoms with Crippen LogP contribution in [0.2, 0.25) is 0 Å². The van der Waals surface area contributed by atoms with Gasteiger partial charge in [-0.05, 0) is 64.2 Å². The monoisotopic (exact) mass is 440 g/mol. The largest absolute Gasteiger partial charge is 0.491 e. The molecule has 1 aliphatic rings. The van der Waals surface area contributed by atoms with Gasteiger partial charge in [0.25, 0.3) is 5.56 Å². The molecular weight excluding hydrogens is 412 g/mol. The molecule has 7 heteroatoms. The molecule has 4 rings (SSSR count). The van der Waals surface area contributed by atoms with Crippen molar-refractivity contribution in [3.63, 3.8) is 0 Å². The van der Waals surface area contributed by atoms with Crippen LogP contribution >= 0.6 is 11.3 Å². The summed E-state index contributed by atoms with van der Waals surface area (Å²) in [7, 11) is 0. The van der Waals surface area contributed by atoms with E-state index >= 15 is 0 Å². The summed E-state index contributed by atoms with van der Waals surface area (Å²) in [6, 6.07) is 6.96. The number of thiophene rings is 1. The quantitative estimate of drug-likeness (QED) is 0.483. The zero-order chi connectivity index (χ0) is 22.0. The van der Waals surface area contributed by atoms with Crippen LogP contribution in [0.5, 0.6) is 5.75 Å². The molecule has 0 N–H and O–H groups in total. The number of ether oxygens (including phenoxy) is 2. The van der Waals surface area contributed by atoms with Gasteiger partial charge in [0.2, 0.25) is 0 Å². The number of nitrogens with zero attached hydrogens (tertiary/aromatic N) is 2. The molecule has 31 heavy (non-hydrogen) atoms. The molecule has 164 valence electrons. The van der Waals surface area contributed by atoms with Crippen molar-refractivity contribution in [2.75, 3.05) is 0 Å². The molecule has 0 aliphatic heterocycles. The average Bonchev–Trinajstić information content (AvgIpc) is 3.19. The first-order chi connectivity index (χ1) is 14.9. The SMILES string of the molecule is CC(C)Oc1ccc(-c2csc3ncn(C(C)C(=O)OC4CCCCC4)c(=O)c23)cc1. The Bertz CT molecular complexity index is 1110. The molecule has 0 saturated heterocycles. The Morgan fingerprint density at radius 2 is 1.84 bits per heavy atom. The number of hydrogen-bond donors (Lipinski definition) is 0. The molecule has 1 saturated carbocycles. The molecular formula is C24H28N2O4S. The van der Waals surface area contributed by atoms with E-state index in [0.29, 0.717) is 10.2 Å². The van der Waals surface area contributed by atoms with Crippen molar-refractivity contribution in [1.29, 1.82) is 0 Å². The van der Waals surface area contributed by atoms with Crippen LogP contribution in [0.15, 0.2) is 40.8 Å². The van der Waals surface area contributed by atoms with Gasteiger partial charge >= 0.3 is 5.97 Å². The smallest absolute Gasteiger partial charge is 0.329 e. The number of fused-ring (bicyclic) bond motifs is 1. The second-order valence-electron chi connectivity index (χ2n) is 8.35. The maximum atomic E-state index is 13.3. The lowest BCUT2D eigenvalue weighted by Gasteiger charge is -2.24. The van der Waals surface area contributed by atoms with Crippen LogP contribution in [0.25, 0.3) is 21.3 Å². The third kappa shape index (κ3) is 4.66. The van der Waals surface area contributed by atoms with E-state index in [1.165, 1.54) is 28.7 Å². The van der Waals surface area contributed by atoms with Crippen LogP contribution in [-0.4, -0.2) is 27.7 Å². The maximum absolute atomic E-state index is 13.3. The summed E-state index contributed by atoms with van der Waals surface area (Å²) in [6.07, 6.45) is 6.66. The van der Waals surface area contributed by atoms with Crippen LogP contribution in [0.3, 0.4) is 0 Å². The van der Waals surface area contributed by atoms with Gasteiger partial charge in [0.1, 0.15) is 22.7 Å². The van der Waals surface area contributed by atoms with E-state index in [9.17, 15) is 9.59 Å². The lowest BCUT2D eigenvalue weighted by Crippen LogP contribution is -2.32. The molecule has 3 aromatic rings. The number of rotatable bonds is 6. The third-order valence-electron chi connectivity index (χ3n) is 5.65. The van der Waals surface area contributed by atoms with Gasteiger partial charge in [-0.2, -0.15) is 0 Å². The zero-order valence-corrected chi connectivity index (χ0v) is 19.0. The molecule has 6 nitrogen and oxygen atoms in total. The molecule has 1 fully saturated rings. The van der Waals surface area contributed by atoms with E-state index in [2.05, 4.69) is 4.98 Å². The van der Waals surface area contributed by atoms with Gasteiger partial charge in [-0.25, -0.2) is 9.78 Å². The lowest BCUT2D eigenvalue weighted by molar-refractivity contribution is -0.154. The minimum Gasteiger partial charge on any atom is -0.491 e. The summed E-state index contributed by atoms with van der Waals surface area (Å²) in [4.78, 5) is 31.1. The van der Waals surface area contributed by atoms with Crippen LogP contribution in [0, 0.1) is 0 Å². The first-order valence-corrected chi connectivity index (χ1v) is 11.8. The van der Waals surface area contributed by atoms with Crippen molar-refractivity contribution < 1.29 is 14.3 Å². The Balaban J connectivity index is 1.62. The molecule has 1 atom stereocenters. The molecule has 1 unspecified atom stereocenters. The second-order valence-corrected chi connectivity index (χ2v) is 9.21. The highest BCUT2D eigenvalue weighted by atomic mass is 32.1. The first kappa shape index (κ1) is 21.6. The van der Waals surface area contributed by atoms with Crippen molar-refractivity contribution in [2.24, 2.45) is 0 Å². The van der Waals surface area contributed by atoms with Crippen LogP contribution in [0.1, 0.15) is 58.9 Å². The number of carbonyl (C=O) groups excluding carboxylic acids is 1. The number of hydrogen-bond acceptors (Lipinski definition) is 6. The Morgan fingerprint density at radius 3 is 2.52 bits per heavy atom. The molecule has 1 aliphatic carbocycles. The number of esters is 1. The predicted octanol–water partition coefficient (Wildman–Crippen LogP) is 5.35. The lowest BCUT2D eigenvalue weighted by atomic mass is 9.98. The summed E-state index contributed by atoms with van der Waals surface area (Å²) in [5, 5.41) is 2.47. The molecule has 1 aromatic carbocycles. The topological polar surface area (TPSA) is 70.4 Å². The van der Waals surface area contributed by atoms with Gasteiger partial charge in [0.15, 0.2) is 0 Å². The Labute approximate surface area is 185 Å². The summed E-state index contributed by atoms with van der Waals surface area (Å²) in [5.41, 5.74) is 1.50. The highest BCUT2D eigenvalue weighted by molar-refractivity contribution is 7.17. The average molecular weight is 441 g/mol. The summed E-state index contributed by atoms with van der Waals surface area (Å²) in [6.45, 7) is 5.66. The fourth-order valence-corrected chi connectivity index (χ4v) is 4.88. The Kier molecular flexibility index (Phi) is 6.41. The highest BCUT2D eigenvalue weighted by Gasteiger charge is 2.25. The van der Waals surface area contributed by atoms with E-state index < -0.39 is 6.04 Å². The minimum atomic E-state index is -0.721. The fraction of sp³-hybridized carbons (Fsp3) is 0.458. The first-order valence-electron chi connectivity index (χ1n) is 10.9. The zero-order valence-electron chi connectivity index (χ0n) is 18.2. The Hall–Kier alpha value is -2.67. The van der Waals surface area contributed by atoms with Gasteiger partial charge in [0, 0.05) is 10.9 Å². The molecule has 2 heterocycles. The standard InChI is InChI=1S/C24H28N2O4S/c1-15(2)29-19-11-9-17(10-12-19)20-13-31-22-21(20)23(27)26(14-25-22)16(3)24(28)30-18-7-5-4-6-8-18/h9-16,18H,4-8H2,1-3H3. The fourth-order valence-electron chi connectivity index (χ4n) is 3.98. The van der Waals surface area contributed by atoms with Crippen molar-refractivity contribution in [3.05, 3.63) is 46.3 Å². The van der Waals surface area contributed by atoms with Crippen molar-refractivity contribution >= 4 is 27.5 Å². The number of aromatic nitrogens is 2. The predicted molar refractivity (Wildman–Crippen MR) is 123 cm³/mol. The van der Waals surface area contributed by atoms with Crippen LogP contribution < -0.4 is 10.3 Å². The Morgan fingerprint density at radius 1 is 1.13 bits per heavy atom. The van der Waals surface area contributed by atoms with Crippen molar-refractivity contribution in [2.45, 2.75) is 71.1 Å². The van der Waals surface area contributed by atoms with Crippen molar-refractivity contribution in [1.82, 2.24) is 9.55 Å². The summed E-state index contributed by atoms with van der Waals surface area (Å²) in [5.74, 6) is 0.412. The van der Waals surface area contributed by atoms with Gasteiger partial charge in [0.05, 0.1) is 17.8 Å². The highest BCUT2D eigenvalue weighted by Crippen LogP contribution is 2.32. The summed E-state index contributed by atoms with van der Waals surface area (Å²) >= 11 is 1.42. The van der Waals surface area contributed by atoms with E-state index in [-0.39, 0.29) is 23.7 Å². The van der Waals surface area contributed by atoms with Crippen LogP contribution in [0.4, 0.5) is 0 Å².